The summed E-state index contributed by atoms with van der Waals surface area (Å²) in [6.45, 7) is 0. The average molecular weight is 531 g/mol. The number of nitrogens with zero attached hydrogens (tertiary/aromatic N) is 4. The lowest BCUT2D eigenvalue weighted by Gasteiger charge is -2.20. The maximum absolute atomic E-state index is 14.1. The maximum atomic E-state index is 14.1. The number of halogens is 4. The fourth-order valence-corrected chi connectivity index (χ4v) is 3.37. The van der Waals surface area contributed by atoms with E-state index in [0.29, 0.717) is 5.69 Å². The van der Waals surface area contributed by atoms with Crippen molar-refractivity contribution in [3.05, 3.63) is 72.4 Å². The zero-order valence-electron chi connectivity index (χ0n) is 20.0. The van der Waals surface area contributed by atoms with Crippen molar-refractivity contribution in [2.45, 2.75) is 12.8 Å². The minimum atomic E-state index is -3.41. The third kappa shape index (κ3) is 6.15. The highest BCUT2D eigenvalue weighted by Gasteiger charge is 2.26. The van der Waals surface area contributed by atoms with Crippen LogP contribution in [0.15, 0.2) is 61.1 Å². The van der Waals surface area contributed by atoms with E-state index in [9.17, 15) is 22.4 Å². The van der Waals surface area contributed by atoms with Crippen molar-refractivity contribution in [2.24, 2.45) is 7.05 Å². The van der Waals surface area contributed by atoms with Gasteiger partial charge in [0, 0.05) is 31.1 Å². The summed E-state index contributed by atoms with van der Waals surface area (Å²) in [6.07, 6.45) is -2.51. The van der Waals surface area contributed by atoms with E-state index in [0.717, 1.165) is 6.20 Å². The van der Waals surface area contributed by atoms with E-state index in [1.807, 2.05) is 0 Å². The van der Waals surface area contributed by atoms with Gasteiger partial charge in [-0.2, -0.15) is 9.49 Å². The zero-order valence-corrected chi connectivity index (χ0v) is 20.0. The van der Waals surface area contributed by atoms with Crippen LogP contribution < -0.4 is 20.9 Å². The standard InChI is InChI=1S/C24H21F4N7O3/c1-35-9-8-16(33-35)14-4-3-5-17(21(14)38-23(28)22(26)27)31-18-10-20(30-12-15(18)24(36)34-37-2)32-19-7-6-13(25)11-29-19/h3-12,22-23H,1-2H3,(H,34,36)(H2,29,30,31,32). The number of benzene rings is 1. The van der Waals surface area contributed by atoms with Crippen LogP contribution in [0.1, 0.15) is 10.4 Å². The molecule has 0 aliphatic rings. The van der Waals surface area contributed by atoms with Gasteiger partial charge in [-0.25, -0.2) is 28.6 Å². The van der Waals surface area contributed by atoms with Crippen LogP contribution in [0.2, 0.25) is 0 Å². The zero-order chi connectivity index (χ0) is 27.2. The molecule has 10 nitrogen and oxygen atoms in total. The summed E-state index contributed by atoms with van der Waals surface area (Å²) < 4.78 is 60.0. The highest BCUT2D eigenvalue weighted by Crippen LogP contribution is 2.39. The third-order valence-corrected chi connectivity index (χ3v) is 5.03. The van der Waals surface area contributed by atoms with E-state index in [1.54, 1.807) is 25.4 Å². The van der Waals surface area contributed by atoms with Gasteiger partial charge in [-0.1, -0.05) is 6.07 Å². The van der Waals surface area contributed by atoms with Crippen LogP contribution in [0.4, 0.5) is 40.6 Å². The van der Waals surface area contributed by atoms with Crippen molar-refractivity contribution in [3.8, 4) is 17.0 Å². The quantitative estimate of drug-likeness (QED) is 0.199. The van der Waals surface area contributed by atoms with Crippen LogP contribution >= 0.6 is 0 Å². The number of ether oxygens (including phenoxy) is 1. The summed E-state index contributed by atoms with van der Waals surface area (Å²) in [5.74, 6) is -1.03. The molecule has 1 amide bonds. The molecule has 1 atom stereocenters. The monoisotopic (exact) mass is 531 g/mol. The van der Waals surface area contributed by atoms with Crippen LogP contribution in [-0.4, -0.2) is 45.5 Å². The average Bonchev–Trinajstić information content (AvgIpc) is 3.32. The molecule has 0 bridgehead atoms. The second-order valence-corrected chi connectivity index (χ2v) is 7.72. The Morgan fingerprint density at radius 1 is 1.00 bits per heavy atom. The predicted octanol–water partition coefficient (Wildman–Crippen LogP) is 4.73. The Morgan fingerprint density at radius 3 is 2.45 bits per heavy atom. The van der Waals surface area contributed by atoms with E-state index < -0.39 is 24.5 Å². The number of amides is 1. The SMILES string of the molecule is CONC(=O)c1cnc(Nc2ccc(F)cn2)cc1Nc1cccc(-c2ccn(C)n2)c1OC(F)C(F)F. The van der Waals surface area contributed by atoms with Gasteiger partial charge in [0.1, 0.15) is 17.5 Å². The van der Waals surface area contributed by atoms with Crippen molar-refractivity contribution in [2.75, 3.05) is 17.7 Å². The van der Waals surface area contributed by atoms with Gasteiger partial charge >= 0.3 is 6.43 Å². The van der Waals surface area contributed by atoms with Crippen molar-refractivity contribution < 1.29 is 31.9 Å². The maximum Gasteiger partial charge on any atom is 0.304 e. The van der Waals surface area contributed by atoms with E-state index in [-0.39, 0.29) is 39.9 Å². The molecule has 0 saturated heterocycles. The van der Waals surface area contributed by atoms with E-state index >= 15 is 0 Å². The molecular formula is C24H21F4N7O3. The smallest absolute Gasteiger partial charge is 0.304 e. The Morgan fingerprint density at radius 2 is 1.79 bits per heavy atom. The molecule has 3 N–H and O–H groups in total. The van der Waals surface area contributed by atoms with E-state index in [2.05, 4.69) is 31.2 Å². The molecule has 4 aromatic rings. The summed E-state index contributed by atoms with van der Waals surface area (Å²) in [6, 6.07) is 10.1. The molecule has 0 aliphatic carbocycles. The highest BCUT2D eigenvalue weighted by molar-refractivity contribution is 6.00. The Bertz CT molecular complexity index is 1420. The van der Waals surface area contributed by atoms with E-state index in [1.165, 1.54) is 48.3 Å². The largest absolute Gasteiger partial charge is 0.452 e. The van der Waals surface area contributed by atoms with Crippen molar-refractivity contribution in [3.63, 3.8) is 0 Å². The molecule has 1 unspecified atom stereocenters. The first-order valence-electron chi connectivity index (χ1n) is 11.0. The number of carbonyl (C=O) groups excluding carboxylic acids is 1. The van der Waals surface area contributed by atoms with Gasteiger partial charge in [0.05, 0.1) is 35.9 Å². The summed E-state index contributed by atoms with van der Waals surface area (Å²) in [4.78, 5) is 25.4. The number of rotatable bonds is 10. The molecular weight excluding hydrogens is 510 g/mol. The highest BCUT2D eigenvalue weighted by atomic mass is 19.3. The molecule has 0 spiro atoms. The summed E-state index contributed by atoms with van der Waals surface area (Å²) in [5, 5.41) is 10.0. The molecule has 14 heteroatoms. The fourth-order valence-electron chi connectivity index (χ4n) is 3.37. The summed E-state index contributed by atoms with van der Waals surface area (Å²) in [7, 11) is 2.90. The van der Waals surface area contributed by atoms with Gasteiger partial charge in [0.25, 0.3) is 12.3 Å². The Kier molecular flexibility index (Phi) is 8.01. The molecule has 1 aromatic carbocycles. The van der Waals surface area contributed by atoms with Gasteiger partial charge in [-0.05, 0) is 30.3 Å². The van der Waals surface area contributed by atoms with Gasteiger partial charge in [0.2, 0.25) is 0 Å². The number of hydroxylamine groups is 1. The number of hydrogen-bond donors (Lipinski definition) is 3. The van der Waals surface area contributed by atoms with Crippen LogP contribution in [0.3, 0.4) is 0 Å². The summed E-state index contributed by atoms with van der Waals surface area (Å²) >= 11 is 0. The minimum Gasteiger partial charge on any atom is -0.452 e. The van der Waals surface area contributed by atoms with Gasteiger partial charge in [0.15, 0.2) is 5.75 Å². The van der Waals surface area contributed by atoms with Crippen molar-refractivity contribution >= 4 is 28.9 Å². The molecule has 0 aliphatic heterocycles. The molecule has 3 heterocycles. The fraction of sp³-hybridized carbons (Fsp3) is 0.167. The van der Waals surface area contributed by atoms with Gasteiger partial charge < -0.3 is 15.4 Å². The molecule has 0 fully saturated rings. The number of alkyl halides is 3. The number of nitrogens with one attached hydrogen (secondary N) is 3. The number of aryl methyl sites for hydroxylation is 1. The molecule has 38 heavy (non-hydrogen) atoms. The van der Waals surface area contributed by atoms with Crippen LogP contribution in [0.25, 0.3) is 11.3 Å². The van der Waals surface area contributed by atoms with Crippen LogP contribution in [0.5, 0.6) is 5.75 Å². The van der Waals surface area contributed by atoms with Crippen LogP contribution in [0, 0.1) is 5.82 Å². The first-order chi connectivity index (χ1) is 18.2. The Labute approximate surface area is 213 Å². The van der Waals surface area contributed by atoms with Crippen molar-refractivity contribution in [1.29, 1.82) is 0 Å². The topological polar surface area (TPSA) is 115 Å². The third-order valence-electron chi connectivity index (χ3n) is 5.03. The van der Waals surface area contributed by atoms with Gasteiger partial charge in [-0.15, -0.1) is 0 Å². The number of aromatic nitrogens is 4. The normalized spacial score (nSPS) is 11.8. The summed E-state index contributed by atoms with van der Waals surface area (Å²) in [5.41, 5.74) is 2.90. The number of para-hydroxylation sites is 1. The Hall–Kier alpha value is -4.72. The molecule has 4 rings (SSSR count). The second-order valence-electron chi connectivity index (χ2n) is 7.72. The van der Waals surface area contributed by atoms with E-state index in [4.69, 9.17) is 9.57 Å². The minimum absolute atomic E-state index is 0.00990. The number of anilines is 4. The Balaban J connectivity index is 1.77. The first-order valence-corrected chi connectivity index (χ1v) is 11.0. The molecule has 3 aromatic heterocycles. The second kappa shape index (κ2) is 11.6. The molecule has 198 valence electrons. The number of carbonyl (C=O) groups is 1. The lowest BCUT2D eigenvalue weighted by atomic mass is 10.1. The molecule has 0 radical (unpaired) electrons. The number of pyridine rings is 2. The molecule has 0 saturated carbocycles. The lowest BCUT2D eigenvalue weighted by Crippen LogP contribution is -2.23. The van der Waals surface area contributed by atoms with Crippen LogP contribution in [-0.2, 0) is 11.9 Å². The number of hydrogen-bond acceptors (Lipinski definition) is 8. The first kappa shape index (κ1) is 26.3. The lowest BCUT2D eigenvalue weighted by molar-refractivity contribution is -0.0662. The predicted molar refractivity (Wildman–Crippen MR) is 130 cm³/mol. The van der Waals surface area contributed by atoms with Gasteiger partial charge in [-0.3, -0.25) is 14.3 Å². The van der Waals surface area contributed by atoms with Crippen molar-refractivity contribution in [1.82, 2.24) is 25.2 Å².